The first-order chi connectivity index (χ1) is 13.3. The summed E-state index contributed by atoms with van der Waals surface area (Å²) >= 11 is 0. The van der Waals surface area contributed by atoms with E-state index in [1.165, 1.54) is 7.11 Å². The molecule has 0 aliphatic heterocycles. The van der Waals surface area contributed by atoms with E-state index in [0.29, 0.717) is 24.4 Å². The van der Waals surface area contributed by atoms with Gasteiger partial charge in [-0.3, -0.25) is 9.10 Å². The summed E-state index contributed by atoms with van der Waals surface area (Å²) in [5.74, 6) is 1.01. The summed E-state index contributed by atoms with van der Waals surface area (Å²) in [5.41, 5.74) is 1.45. The number of hydrogen-bond acceptors (Lipinski definition) is 5. The van der Waals surface area contributed by atoms with Crippen molar-refractivity contribution in [3.8, 4) is 11.5 Å². The summed E-state index contributed by atoms with van der Waals surface area (Å²) in [6.45, 7) is 1.96. The van der Waals surface area contributed by atoms with Crippen molar-refractivity contribution in [2.75, 3.05) is 31.3 Å². The zero-order valence-electron chi connectivity index (χ0n) is 16.5. The Hall–Kier alpha value is -2.74. The lowest BCUT2D eigenvalue weighted by Gasteiger charge is -2.28. The highest BCUT2D eigenvalue weighted by molar-refractivity contribution is 7.92. The third-order valence-electron chi connectivity index (χ3n) is 4.29. The van der Waals surface area contributed by atoms with Crippen molar-refractivity contribution in [1.82, 2.24) is 5.32 Å². The van der Waals surface area contributed by atoms with Crippen LogP contribution in [0, 0.1) is 0 Å². The van der Waals surface area contributed by atoms with Crippen LogP contribution >= 0.6 is 0 Å². The first kappa shape index (κ1) is 21.6. The molecule has 0 saturated carbocycles. The van der Waals surface area contributed by atoms with Crippen molar-refractivity contribution < 1.29 is 22.7 Å². The van der Waals surface area contributed by atoms with Gasteiger partial charge in [0.15, 0.2) is 0 Å². The molecule has 0 bridgehead atoms. The molecule has 0 unspecified atom stereocenters. The number of methoxy groups -OCH3 is 2. The minimum absolute atomic E-state index is 0.366. The normalized spacial score (nSPS) is 12.1. The fourth-order valence-electron chi connectivity index (χ4n) is 2.81. The molecule has 0 saturated heterocycles. The minimum atomic E-state index is -3.65. The standard InChI is InChI=1S/C20H26N2O5S/c1-15(20(23)21-14-13-16-5-9-18(26-2)10-6-16)22(28(4,24)25)17-7-11-19(27-3)12-8-17/h5-12,15H,13-14H2,1-4H3,(H,21,23)/t15-/m1/s1. The highest BCUT2D eigenvalue weighted by Crippen LogP contribution is 2.23. The Morgan fingerprint density at radius 2 is 1.50 bits per heavy atom. The molecular weight excluding hydrogens is 380 g/mol. The molecule has 0 spiro atoms. The number of amides is 1. The second-order valence-corrected chi connectivity index (χ2v) is 8.18. The molecule has 2 aromatic rings. The molecule has 0 heterocycles. The zero-order valence-corrected chi connectivity index (χ0v) is 17.3. The maximum Gasteiger partial charge on any atom is 0.243 e. The number of hydrogen-bond donors (Lipinski definition) is 1. The van der Waals surface area contributed by atoms with Crippen LogP contribution in [-0.4, -0.2) is 47.4 Å². The molecule has 1 amide bonds. The number of benzene rings is 2. The summed E-state index contributed by atoms with van der Waals surface area (Å²) in [5, 5.41) is 2.80. The van der Waals surface area contributed by atoms with Crippen molar-refractivity contribution in [3.63, 3.8) is 0 Å². The maximum absolute atomic E-state index is 12.6. The van der Waals surface area contributed by atoms with Crippen molar-refractivity contribution in [2.24, 2.45) is 0 Å². The smallest absolute Gasteiger partial charge is 0.243 e. The van der Waals surface area contributed by atoms with Gasteiger partial charge in [-0.25, -0.2) is 8.42 Å². The van der Waals surface area contributed by atoms with Crippen molar-refractivity contribution >= 4 is 21.6 Å². The van der Waals surface area contributed by atoms with E-state index in [0.717, 1.165) is 21.9 Å². The minimum Gasteiger partial charge on any atom is -0.497 e. The van der Waals surface area contributed by atoms with E-state index in [1.807, 2.05) is 24.3 Å². The topological polar surface area (TPSA) is 84.9 Å². The van der Waals surface area contributed by atoms with Crippen LogP contribution < -0.4 is 19.1 Å². The number of carbonyl (C=O) groups excluding carboxylic acids is 1. The van der Waals surface area contributed by atoms with Crippen LogP contribution in [0.4, 0.5) is 5.69 Å². The van der Waals surface area contributed by atoms with Gasteiger partial charge >= 0.3 is 0 Å². The lowest BCUT2D eigenvalue weighted by molar-refractivity contribution is -0.121. The molecule has 2 aromatic carbocycles. The number of carbonyl (C=O) groups is 1. The maximum atomic E-state index is 12.6. The van der Waals surface area contributed by atoms with Crippen LogP contribution in [0.3, 0.4) is 0 Å². The Morgan fingerprint density at radius 1 is 1.00 bits per heavy atom. The Kier molecular flexibility index (Phi) is 7.28. The molecule has 0 aliphatic rings. The Bertz CT molecular complexity index is 880. The van der Waals surface area contributed by atoms with Crippen molar-refractivity contribution in [3.05, 3.63) is 54.1 Å². The number of rotatable bonds is 9. The van der Waals surface area contributed by atoms with Crippen LogP contribution in [0.2, 0.25) is 0 Å². The lowest BCUT2D eigenvalue weighted by Crippen LogP contribution is -2.48. The third-order valence-corrected chi connectivity index (χ3v) is 5.53. The van der Waals surface area contributed by atoms with Gasteiger partial charge in [0.1, 0.15) is 17.5 Å². The summed E-state index contributed by atoms with van der Waals surface area (Å²) in [4.78, 5) is 12.6. The number of ether oxygens (including phenoxy) is 2. The summed E-state index contributed by atoms with van der Waals surface area (Å²) in [6.07, 6.45) is 1.71. The Balaban J connectivity index is 2.04. The molecule has 28 heavy (non-hydrogen) atoms. The van der Waals surface area contributed by atoms with Gasteiger partial charge in [0.05, 0.1) is 26.2 Å². The summed E-state index contributed by atoms with van der Waals surface area (Å²) in [7, 11) is -0.515. The second kappa shape index (κ2) is 9.45. The first-order valence-corrected chi connectivity index (χ1v) is 10.6. The molecular formula is C20H26N2O5S. The Labute approximate surface area is 166 Å². The second-order valence-electron chi connectivity index (χ2n) is 6.32. The van der Waals surface area contributed by atoms with Crippen LogP contribution in [-0.2, 0) is 21.2 Å². The van der Waals surface area contributed by atoms with Crippen LogP contribution in [0.15, 0.2) is 48.5 Å². The number of anilines is 1. The van der Waals surface area contributed by atoms with E-state index in [-0.39, 0.29) is 5.91 Å². The summed E-state index contributed by atoms with van der Waals surface area (Å²) < 4.78 is 35.9. The zero-order chi connectivity index (χ0) is 20.7. The summed E-state index contributed by atoms with van der Waals surface area (Å²) in [6, 6.07) is 13.2. The predicted octanol–water partition coefficient (Wildman–Crippen LogP) is 2.22. The van der Waals surface area contributed by atoms with Gasteiger partial charge in [-0.15, -0.1) is 0 Å². The third kappa shape index (κ3) is 5.63. The molecule has 0 radical (unpaired) electrons. The molecule has 8 heteroatoms. The van der Waals surface area contributed by atoms with Crippen LogP contribution in [0.1, 0.15) is 12.5 Å². The average molecular weight is 407 g/mol. The lowest BCUT2D eigenvalue weighted by atomic mass is 10.1. The van der Waals surface area contributed by atoms with E-state index in [9.17, 15) is 13.2 Å². The van der Waals surface area contributed by atoms with Gasteiger partial charge in [0.2, 0.25) is 15.9 Å². The average Bonchev–Trinajstić information content (AvgIpc) is 2.68. The largest absolute Gasteiger partial charge is 0.497 e. The molecule has 1 atom stereocenters. The van der Waals surface area contributed by atoms with Gasteiger partial charge in [0.25, 0.3) is 0 Å². The number of sulfonamides is 1. The monoisotopic (exact) mass is 406 g/mol. The number of nitrogens with one attached hydrogen (secondary N) is 1. The van der Waals surface area contributed by atoms with Gasteiger partial charge in [-0.05, 0) is 55.3 Å². The van der Waals surface area contributed by atoms with Gasteiger partial charge in [-0.2, -0.15) is 0 Å². The van der Waals surface area contributed by atoms with E-state index >= 15 is 0 Å². The molecule has 0 aliphatic carbocycles. The fraction of sp³-hybridized carbons (Fsp3) is 0.350. The molecule has 2 rings (SSSR count). The quantitative estimate of drug-likeness (QED) is 0.690. The highest BCUT2D eigenvalue weighted by Gasteiger charge is 2.28. The van der Waals surface area contributed by atoms with Crippen molar-refractivity contribution in [1.29, 1.82) is 0 Å². The molecule has 7 nitrogen and oxygen atoms in total. The van der Waals surface area contributed by atoms with Crippen LogP contribution in [0.5, 0.6) is 11.5 Å². The van der Waals surface area contributed by atoms with Crippen molar-refractivity contribution in [2.45, 2.75) is 19.4 Å². The molecule has 1 N–H and O–H groups in total. The van der Waals surface area contributed by atoms with E-state index in [2.05, 4.69) is 5.32 Å². The van der Waals surface area contributed by atoms with Gasteiger partial charge in [-0.1, -0.05) is 12.1 Å². The van der Waals surface area contributed by atoms with E-state index < -0.39 is 16.1 Å². The van der Waals surface area contributed by atoms with Crippen LogP contribution in [0.25, 0.3) is 0 Å². The SMILES string of the molecule is COc1ccc(CCNC(=O)[C@@H](C)N(c2ccc(OC)cc2)S(C)(=O)=O)cc1. The molecule has 0 aromatic heterocycles. The van der Waals surface area contributed by atoms with E-state index in [1.54, 1.807) is 38.3 Å². The van der Waals surface area contributed by atoms with Gasteiger partial charge in [0, 0.05) is 6.54 Å². The Morgan fingerprint density at radius 3 is 1.96 bits per heavy atom. The predicted molar refractivity (Wildman–Crippen MR) is 109 cm³/mol. The highest BCUT2D eigenvalue weighted by atomic mass is 32.2. The number of nitrogens with zero attached hydrogens (tertiary/aromatic N) is 1. The van der Waals surface area contributed by atoms with Gasteiger partial charge < -0.3 is 14.8 Å². The molecule has 0 fully saturated rings. The van der Waals surface area contributed by atoms with E-state index in [4.69, 9.17) is 9.47 Å². The first-order valence-electron chi connectivity index (χ1n) is 8.80. The molecule has 152 valence electrons. The fourth-order valence-corrected chi connectivity index (χ4v) is 3.98.